The molecule has 27 heavy (non-hydrogen) atoms. The Bertz CT molecular complexity index is 840. The highest BCUT2D eigenvalue weighted by Gasteiger charge is 2.36. The van der Waals surface area contributed by atoms with Crippen molar-refractivity contribution in [1.29, 1.82) is 0 Å². The molecule has 0 saturated heterocycles. The zero-order valence-electron chi connectivity index (χ0n) is 14.8. The SMILES string of the molecule is COC(=O)[C@@H](Cc1ccc(OCc2ccccc2)cc1)N1C(=O)C=CC1=O. The summed E-state index contributed by atoms with van der Waals surface area (Å²) in [5.74, 6) is -0.978. The third-order valence-electron chi connectivity index (χ3n) is 4.23. The fourth-order valence-corrected chi connectivity index (χ4v) is 2.82. The van der Waals surface area contributed by atoms with Gasteiger partial charge in [0, 0.05) is 18.6 Å². The second-order valence-corrected chi connectivity index (χ2v) is 6.04. The van der Waals surface area contributed by atoms with Gasteiger partial charge in [0.05, 0.1) is 7.11 Å². The number of nitrogens with zero attached hydrogens (tertiary/aromatic N) is 1. The minimum Gasteiger partial charge on any atom is -0.489 e. The molecule has 6 nitrogen and oxygen atoms in total. The van der Waals surface area contributed by atoms with Crippen LogP contribution in [0, 0.1) is 0 Å². The molecule has 6 heteroatoms. The zero-order valence-corrected chi connectivity index (χ0v) is 14.8. The molecule has 2 aromatic rings. The van der Waals surface area contributed by atoms with Gasteiger partial charge in [0.2, 0.25) is 0 Å². The molecule has 0 N–H and O–H groups in total. The van der Waals surface area contributed by atoms with E-state index in [1.54, 1.807) is 24.3 Å². The van der Waals surface area contributed by atoms with E-state index in [0.717, 1.165) is 28.2 Å². The first-order chi connectivity index (χ1) is 13.1. The molecule has 2 aromatic carbocycles. The normalized spacial score (nSPS) is 14.3. The number of rotatable bonds is 7. The Balaban J connectivity index is 1.67. The molecule has 0 aromatic heterocycles. The number of methoxy groups -OCH3 is 1. The molecule has 0 radical (unpaired) electrons. The molecule has 0 spiro atoms. The van der Waals surface area contributed by atoms with Crippen LogP contribution in [0.1, 0.15) is 11.1 Å². The molecule has 0 bridgehead atoms. The van der Waals surface area contributed by atoms with Crippen LogP contribution in [0.15, 0.2) is 66.7 Å². The molecule has 0 aliphatic carbocycles. The predicted octanol–water partition coefficient (Wildman–Crippen LogP) is 2.27. The van der Waals surface area contributed by atoms with Gasteiger partial charge in [-0.3, -0.25) is 14.5 Å². The van der Waals surface area contributed by atoms with Gasteiger partial charge in [0.25, 0.3) is 11.8 Å². The van der Waals surface area contributed by atoms with Crippen molar-refractivity contribution < 1.29 is 23.9 Å². The molecule has 1 atom stereocenters. The van der Waals surface area contributed by atoms with E-state index in [1.807, 2.05) is 30.3 Å². The smallest absolute Gasteiger partial charge is 0.329 e. The first-order valence-electron chi connectivity index (χ1n) is 8.47. The lowest BCUT2D eigenvalue weighted by molar-refractivity contribution is -0.155. The van der Waals surface area contributed by atoms with E-state index in [9.17, 15) is 14.4 Å². The fraction of sp³-hybridized carbons (Fsp3) is 0.190. The first-order valence-corrected chi connectivity index (χ1v) is 8.47. The predicted molar refractivity (Wildman–Crippen MR) is 97.7 cm³/mol. The van der Waals surface area contributed by atoms with Gasteiger partial charge in [-0.15, -0.1) is 0 Å². The molecule has 3 rings (SSSR count). The Hall–Kier alpha value is -3.41. The van der Waals surface area contributed by atoms with E-state index in [-0.39, 0.29) is 6.42 Å². The lowest BCUT2D eigenvalue weighted by Gasteiger charge is -2.24. The standard InChI is InChI=1S/C21H19NO5/c1-26-21(25)18(22-19(23)11-12-20(22)24)13-15-7-9-17(10-8-15)27-14-16-5-3-2-4-6-16/h2-12,18H,13-14H2,1H3/t18-/m1/s1. The summed E-state index contributed by atoms with van der Waals surface area (Å²) in [6.45, 7) is 0.452. The summed E-state index contributed by atoms with van der Waals surface area (Å²) in [5.41, 5.74) is 1.84. The van der Waals surface area contributed by atoms with Crippen LogP contribution in [0.4, 0.5) is 0 Å². The Labute approximate surface area is 157 Å². The van der Waals surface area contributed by atoms with Gasteiger partial charge >= 0.3 is 5.97 Å². The summed E-state index contributed by atoms with van der Waals surface area (Å²) in [6.07, 6.45) is 2.47. The van der Waals surface area contributed by atoms with Crippen LogP contribution in [-0.2, 0) is 32.1 Å². The minimum atomic E-state index is -0.999. The van der Waals surface area contributed by atoms with Gasteiger partial charge in [-0.2, -0.15) is 0 Å². The third-order valence-corrected chi connectivity index (χ3v) is 4.23. The monoisotopic (exact) mass is 365 g/mol. The van der Waals surface area contributed by atoms with Gasteiger partial charge < -0.3 is 9.47 Å². The fourth-order valence-electron chi connectivity index (χ4n) is 2.82. The summed E-state index contributed by atoms with van der Waals surface area (Å²) in [4.78, 5) is 36.8. The topological polar surface area (TPSA) is 72.9 Å². The molecule has 0 unspecified atom stereocenters. The Kier molecular flexibility index (Phi) is 5.66. The molecule has 0 fully saturated rings. The highest BCUT2D eigenvalue weighted by molar-refractivity contribution is 6.14. The van der Waals surface area contributed by atoms with Crippen LogP contribution in [-0.4, -0.2) is 35.8 Å². The van der Waals surface area contributed by atoms with Crippen LogP contribution in [0.5, 0.6) is 5.75 Å². The quantitative estimate of drug-likeness (QED) is 0.556. The molecule has 1 heterocycles. The maximum absolute atomic E-state index is 12.1. The number of imide groups is 1. The van der Waals surface area contributed by atoms with E-state index in [2.05, 4.69) is 0 Å². The van der Waals surface area contributed by atoms with Crippen LogP contribution in [0.2, 0.25) is 0 Å². The van der Waals surface area contributed by atoms with Crippen molar-refractivity contribution in [3.8, 4) is 5.75 Å². The van der Waals surface area contributed by atoms with E-state index in [0.29, 0.717) is 12.4 Å². The van der Waals surface area contributed by atoms with Crippen LogP contribution >= 0.6 is 0 Å². The van der Waals surface area contributed by atoms with Gasteiger partial charge in [-0.05, 0) is 23.3 Å². The van der Waals surface area contributed by atoms with Gasteiger partial charge in [-0.25, -0.2) is 4.79 Å². The van der Waals surface area contributed by atoms with Crippen LogP contribution in [0.3, 0.4) is 0 Å². The molecule has 0 saturated carbocycles. The summed E-state index contributed by atoms with van der Waals surface area (Å²) >= 11 is 0. The Morgan fingerprint density at radius 1 is 0.926 bits per heavy atom. The molecule has 1 aliphatic heterocycles. The largest absolute Gasteiger partial charge is 0.489 e. The number of hydrogen-bond donors (Lipinski definition) is 0. The maximum atomic E-state index is 12.1. The first kappa shape index (κ1) is 18.4. The Morgan fingerprint density at radius 2 is 1.56 bits per heavy atom. The maximum Gasteiger partial charge on any atom is 0.329 e. The number of hydrogen-bond acceptors (Lipinski definition) is 5. The van der Waals surface area contributed by atoms with Crippen molar-refractivity contribution in [3.05, 3.63) is 77.9 Å². The van der Waals surface area contributed by atoms with Crippen molar-refractivity contribution in [3.63, 3.8) is 0 Å². The molecular formula is C21H19NO5. The third kappa shape index (κ3) is 4.41. The number of carbonyl (C=O) groups is 3. The van der Waals surface area contributed by atoms with E-state index in [1.165, 1.54) is 7.11 Å². The molecular weight excluding hydrogens is 346 g/mol. The van der Waals surface area contributed by atoms with Crippen molar-refractivity contribution in [2.45, 2.75) is 19.1 Å². The number of amides is 2. The molecule has 138 valence electrons. The number of esters is 1. The average Bonchev–Trinajstić information content (AvgIpc) is 3.04. The zero-order chi connectivity index (χ0) is 19.2. The number of ether oxygens (including phenoxy) is 2. The molecule has 2 amide bonds. The average molecular weight is 365 g/mol. The van der Waals surface area contributed by atoms with Crippen LogP contribution in [0.25, 0.3) is 0 Å². The second kappa shape index (κ2) is 8.31. The van der Waals surface area contributed by atoms with Crippen molar-refractivity contribution in [1.82, 2.24) is 4.90 Å². The van der Waals surface area contributed by atoms with Gasteiger partial charge in [-0.1, -0.05) is 42.5 Å². The summed E-state index contributed by atoms with van der Waals surface area (Å²) in [5, 5.41) is 0. The summed E-state index contributed by atoms with van der Waals surface area (Å²) < 4.78 is 10.5. The number of benzene rings is 2. The lowest BCUT2D eigenvalue weighted by atomic mass is 10.0. The van der Waals surface area contributed by atoms with E-state index in [4.69, 9.17) is 9.47 Å². The highest BCUT2D eigenvalue weighted by atomic mass is 16.5. The Morgan fingerprint density at radius 3 is 2.15 bits per heavy atom. The van der Waals surface area contributed by atoms with Crippen molar-refractivity contribution in [2.75, 3.05) is 7.11 Å². The number of carbonyl (C=O) groups excluding carboxylic acids is 3. The summed E-state index contributed by atoms with van der Waals surface area (Å²) in [7, 11) is 1.23. The van der Waals surface area contributed by atoms with Gasteiger partial charge in [0.1, 0.15) is 18.4 Å². The van der Waals surface area contributed by atoms with Gasteiger partial charge in [0.15, 0.2) is 0 Å². The highest BCUT2D eigenvalue weighted by Crippen LogP contribution is 2.19. The second-order valence-electron chi connectivity index (χ2n) is 6.04. The van der Waals surface area contributed by atoms with Crippen LogP contribution < -0.4 is 4.74 Å². The summed E-state index contributed by atoms with van der Waals surface area (Å²) in [6, 6.07) is 16.0. The molecule has 1 aliphatic rings. The minimum absolute atomic E-state index is 0.171. The van der Waals surface area contributed by atoms with E-state index >= 15 is 0 Å². The van der Waals surface area contributed by atoms with Crippen molar-refractivity contribution >= 4 is 17.8 Å². The lowest BCUT2D eigenvalue weighted by Crippen LogP contribution is -2.46. The van der Waals surface area contributed by atoms with Crippen molar-refractivity contribution in [2.24, 2.45) is 0 Å². The van der Waals surface area contributed by atoms with E-state index < -0.39 is 23.8 Å².